The van der Waals surface area contributed by atoms with Gasteiger partial charge in [-0.1, -0.05) is 25.3 Å². The molecule has 1 aromatic carbocycles. The Balaban J connectivity index is 2.08. The third-order valence-electron chi connectivity index (χ3n) is 4.04. The van der Waals surface area contributed by atoms with Crippen molar-refractivity contribution in [2.45, 2.75) is 44.7 Å². The summed E-state index contributed by atoms with van der Waals surface area (Å²) >= 11 is 0. The number of nitrogen functional groups attached to an aromatic ring is 1. The number of anilines is 1. The molecule has 0 radical (unpaired) electrons. The summed E-state index contributed by atoms with van der Waals surface area (Å²) in [4.78, 5) is 12.9. The van der Waals surface area contributed by atoms with Crippen molar-refractivity contribution >= 4 is 11.4 Å². The van der Waals surface area contributed by atoms with E-state index in [2.05, 4.69) is 17.4 Å². The van der Waals surface area contributed by atoms with E-state index in [1.807, 2.05) is 6.07 Å². The summed E-state index contributed by atoms with van der Waals surface area (Å²) in [7, 11) is 2.09. The highest BCUT2D eigenvalue weighted by Crippen LogP contribution is 2.27. The highest BCUT2D eigenvalue weighted by atomic mass is 16.6. The molecule has 0 heterocycles. The summed E-state index contributed by atoms with van der Waals surface area (Å²) < 4.78 is 0. The standard InChI is InChI=1S/C14H22N4O2/c1-17(12-5-3-2-4-6-12)10-11-7-8-13(16-15)14(9-11)18(19)20/h7-9,12,16H,2-6,10,15H2,1H3. The Morgan fingerprint density at radius 1 is 1.40 bits per heavy atom. The Labute approximate surface area is 119 Å². The van der Waals surface area contributed by atoms with Crippen LogP contribution in [0.5, 0.6) is 0 Å². The normalized spacial score (nSPS) is 16.4. The fraction of sp³-hybridized carbons (Fsp3) is 0.571. The van der Waals surface area contributed by atoms with Crippen molar-refractivity contribution in [3.8, 4) is 0 Å². The Hall–Kier alpha value is -1.66. The van der Waals surface area contributed by atoms with Crippen molar-refractivity contribution in [3.05, 3.63) is 33.9 Å². The minimum absolute atomic E-state index is 0.0297. The van der Waals surface area contributed by atoms with Crippen molar-refractivity contribution < 1.29 is 4.92 Å². The zero-order chi connectivity index (χ0) is 14.5. The second-order valence-corrected chi connectivity index (χ2v) is 5.46. The molecule has 0 bridgehead atoms. The zero-order valence-corrected chi connectivity index (χ0v) is 11.8. The van der Waals surface area contributed by atoms with Gasteiger partial charge in [-0.2, -0.15) is 0 Å². The van der Waals surface area contributed by atoms with Gasteiger partial charge in [0.15, 0.2) is 0 Å². The lowest BCUT2D eigenvalue weighted by Gasteiger charge is -2.31. The number of benzene rings is 1. The number of nitrogens with two attached hydrogens (primary N) is 1. The van der Waals surface area contributed by atoms with E-state index in [1.165, 1.54) is 32.1 Å². The molecule has 0 amide bonds. The number of nitrogens with zero attached hydrogens (tertiary/aromatic N) is 2. The quantitative estimate of drug-likeness (QED) is 0.491. The summed E-state index contributed by atoms with van der Waals surface area (Å²) in [5.41, 5.74) is 3.69. The van der Waals surface area contributed by atoms with Crippen molar-refractivity contribution in [1.29, 1.82) is 0 Å². The van der Waals surface area contributed by atoms with Crippen LogP contribution in [-0.4, -0.2) is 22.9 Å². The van der Waals surface area contributed by atoms with Crippen LogP contribution in [0.4, 0.5) is 11.4 Å². The maximum absolute atomic E-state index is 11.0. The monoisotopic (exact) mass is 278 g/mol. The molecule has 1 aromatic rings. The van der Waals surface area contributed by atoms with Gasteiger partial charge in [0.1, 0.15) is 5.69 Å². The maximum atomic E-state index is 11.0. The molecule has 0 spiro atoms. The van der Waals surface area contributed by atoms with Gasteiger partial charge in [0, 0.05) is 18.7 Å². The van der Waals surface area contributed by atoms with Crippen LogP contribution < -0.4 is 11.3 Å². The first-order chi connectivity index (χ1) is 9.61. The van der Waals surface area contributed by atoms with Crippen LogP contribution in [0.15, 0.2) is 18.2 Å². The van der Waals surface area contributed by atoms with Gasteiger partial charge in [-0.05, 0) is 31.5 Å². The molecule has 0 unspecified atom stereocenters. The Morgan fingerprint density at radius 2 is 2.10 bits per heavy atom. The van der Waals surface area contributed by atoms with Crippen molar-refractivity contribution in [1.82, 2.24) is 4.90 Å². The molecule has 6 heteroatoms. The molecule has 0 aromatic heterocycles. The van der Waals surface area contributed by atoms with Crippen LogP contribution in [-0.2, 0) is 6.54 Å². The molecular weight excluding hydrogens is 256 g/mol. The van der Waals surface area contributed by atoms with Gasteiger partial charge in [0.25, 0.3) is 5.69 Å². The first kappa shape index (κ1) is 14.7. The fourth-order valence-electron chi connectivity index (χ4n) is 2.89. The van der Waals surface area contributed by atoms with E-state index < -0.39 is 4.92 Å². The van der Waals surface area contributed by atoms with Crippen LogP contribution >= 0.6 is 0 Å². The first-order valence-corrected chi connectivity index (χ1v) is 7.06. The van der Waals surface area contributed by atoms with E-state index in [0.29, 0.717) is 11.7 Å². The molecule has 1 saturated carbocycles. The highest BCUT2D eigenvalue weighted by molar-refractivity contribution is 5.61. The number of nitrogens with one attached hydrogen (secondary N) is 1. The van der Waals surface area contributed by atoms with Gasteiger partial charge >= 0.3 is 0 Å². The van der Waals surface area contributed by atoms with Gasteiger partial charge in [-0.15, -0.1) is 0 Å². The zero-order valence-electron chi connectivity index (χ0n) is 11.8. The summed E-state index contributed by atoms with van der Waals surface area (Å²) in [6, 6.07) is 5.76. The van der Waals surface area contributed by atoms with E-state index in [1.54, 1.807) is 12.1 Å². The summed E-state index contributed by atoms with van der Waals surface area (Å²) in [6.45, 7) is 0.732. The van der Waals surface area contributed by atoms with Gasteiger partial charge in [-0.25, -0.2) is 0 Å². The largest absolute Gasteiger partial charge is 0.318 e. The first-order valence-electron chi connectivity index (χ1n) is 7.06. The van der Waals surface area contributed by atoms with Crippen molar-refractivity contribution in [3.63, 3.8) is 0 Å². The van der Waals surface area contributed by atoms with Crippen LogP contribution in [0.3, 0.4) is 0 Å². The molecule has 1 aliphatic carbocycles. The average Bonchev–Trinajstić information content (AvgIpc) is 2.48. The van der Waals surface area contributed by atoms with Crippen LogP contribution in [0.2, 0.25) is 0 Å². The summed E-state index contributed by atoms with van der Waals surface area (Å²) in [6.07, 6.45) is 6.34. The molecule has 6 nitrogen and oxygen atoms in total. The third kappa shape index (κ3) is 3.46. The van der Waals surface area contributed by atoms with Crippen molar-refractivity contribution in [2.24, 2.45) is 5.84 Å². The predicted octanol–water partition coefficient (Wildman–Crippen LogP) is 2.64. The molecule has 1 aliphatic rings. The van der Waals surface area contributed by atoms with Crippen LogP contribution in [0.1, 0.15) is 37.7 Å². The number of hydrogen-bond donors (Lipinski definition) is 2. The molecule has 0 aliphatic heterocycles. The predicted molar refractivity (Wildman–Crippen MR) is 79.2 cm³/mol. The number of hydrogen-bond acceptors (Lipinski definition) is 5. The maximum Gasteiger partial charge on any atom is 0.293 e. The van der Waals surface area contributed by atoms with Crippen LogP contribution in [0.25, 0.3) is 0 Å². The summed E-state index contributed by atoms with van der Waals surface area (Å²) in [5, 5.41) is 11.0. The van der Waals surface area contributed by atoms with Gasteiger partial charge in [0.2, 0.25) is 0 Å². The number of nitro benzene ring substituents is 1. The molecule has 2 rings (SSSR count). The third-order valence-corrected chi connectivity index (χ3v) is 4.04. The lowest BCUT2D eigenvalue weighted by Crippen LogP contribution is -2.32. The van der Waals surface area contributed by atoms with E-state index in [4.69, 9.17) is 5.84 Å². The van der Waals surface area contributed by atoms with E-state index in [-0.39, 0.29) is 5.69 Å². The lowest BCUT2D eigenvalue weighted by molar-refractivity contribution is -0.384. The molecule has 0 atom stereocenters. The van der Waals surface area contributed by atoms with E-state index >= 15 is 0 Å². The number of nitro groups is 1. The number of rotatable bonds is 5. The minimum atomic E-state index is -0.403. The second-order valence-electron chi connectivity index (χ2n) is 5.46. The Morgan fingerprint density at radius 3 is 2.70 bits per heavy atom. The van der Waals surface area contributed by atoms with E-state index in [0.717, 1.165) is 12.1 Å². The second kappa shape index (κ2) is 6.67. The molecule has 3 N–H and O–H groups in total. The lowest BCUT2D eigenvalue weighted by atomic mass is 9.94. The fourth-order valence-corrected chi connectivity index (χ4v) is 2.89. The molecular formula is C14H22N4O2. The molecule has 1 fully saturated rings. The summed E-state index contributed by atoms with van der Waals surface area (Å²) in [5.74, 6) is 5.29. The molecule has 20 heavy (non-hydrogen) atoms. The average molecular weight is 278 g/mol. The van der Waals surface area contributed by atoms with Crippen molar-refractivity contribution in [2.75, 3.05) is 12.5 Å². The SMILES string of the molecule is CN(Cc1ccc(NN)c([N+](=O)[O-])c1)C1CCCCC1. The Bertz CT molecular complexity index is 472. The molecule has 0 saturated heterocycles. The van der Waals surface area contributed by atoms with Gasteiger partial charge in [-0.3, -0.25) is 20.9 Å². The van der Waals surface area contributed by atoms with Gasteiger partial charge in [0.05, 0.1) is 4.92 Å². The Kier molecular flexibility index (Phi) is 4.92. The molecule has 110 valence electrons. The topological polar surface area (TPSA) is 84.4 Å². The van der Waals surface area contributed by atoms with Crippen LogP contribution in [0, 0.1) is 10.1 Å². The minimum Gasteiger partial charge on any atom is -0.318 e. The van der Waals surface area contributed by atoms with Gasteiger partial charge < -0.3 is 5.43 Å². The van der Waals surface area contributed by atoms with E-state index in [9.17, 15) is 10.1 Å². The highest BCUT2D eigenvalue weighted by Gasteiger charge is 2.19. The smallest absolute Gasteiger partial charge is 0.293 e. The number of hydrazine groups is 1.